The summed E-state index contributed by atoms with van der Waals surface area (Å²) in [6.07, 6.45) is 2.25. The third-order valence-electron chi connectivity index (χ3n) is 3.53. The lowest BCUT2D eigenvalue weighted by atomic mass is 9.57. The largest absolute Gasteiger partial charge is 0.490 e. The van der Waals surface area contributed by atoms with Gasteiger partial charge >= 0.3 is 0 Å². The number of hydrogen-bond donors (Lipinski definition) is 1. The van der Waals surface area contributed by atoms with E-state index in [1.807, 2.05) is 36.5 Å². The molecule has 1 fully saturated rings. The first-order valence-electron chi connectivity index (χ1n) is 7.50. The summed E-state index contributed by atoms with van der Waals surface area (Å²) in [5.74, 6) is -0.523. The first kappa shape index (κ1) is 16.3. The van der Waals surface area contributed by atoms with Gasteiger partial charge in [0.25, 0.3) is 0 Å². The molecule has 1 N–H and O–H groups in total. The zero-order chi connectivity index (χ0) is 15.8. The highest BCUT2D eigenvalue weighted by molar-refractivity contribution is 6.40. The first-order valence-corrected chi connectivity index (χ1v) is 7.50. The Kier molecular flexibility index (Phi) is 4.39. The van der Waals surface area contributed by atoms with E-state index in [9.17, 15) is 8.78 Å². The highest BCUT2D eigenvalue weighted by Gasteiger charge is 2.32. The number of hydrogen-bond acceptors (Lipinski definition) is 2. The van der Waals surface area contributed by atoms with Crippen LogP contribution in [0.25, 0.3) is 0 Å². The molecule has 2 nitrogen and oxygen atoms in total. The molecule has 0 aromatic heterocycles. The zero-order valence-corrected chi connectivity index (χ0v) is 13.5. The molecule has 0 atom stereocenters. The lowest BCUT2D eigenvalue weighted by molar-refractivity contribution is 0.276. The van der Waals surface area contributed by atoms with Crippen LogP contribution in [0.2, 0.25) is 0 Å². The average molecular weight is 293 g/mol. The molecule has 1 aromatic carbocycles. The van der Waals surface area contributed by atoms with Gasteiger partial charge in [-0.15, -0.1) is 0 Å². The van der Waals surface area contributed by atoms with Gasteiger partial charge < -0.3 is 10.1 Å². The van der Waals surface area contributed by atoms with Crippen molar-refractivity contribution >= 4 is 15.7 Å². The number of halogens is 2. The van der Waals surface area contributed by atoms with E-state index >= 15 is 0 Å². The van der Waals surface area contributed by atoms with Crippen molar-refractivity contribution in [3.05, 3.63) is 29.3 Å². The Bertz CT molecular complexity index is 525. The van der Waals surface area contributed by atoms with Gasteiger partial charge in [-0.25, -0.2) is 8.78 Å². The van der Waals surface area contributed by atoms with Crippen LogP contribution in [0.5, 0.6) is 5.75 Å². The van der Waals surface area contributed by atoms with Gasteiger partial charge in [0.05, 0.1) is 6.61 Å². The average Bonchev–Trinajstić information content (AvgIpc) is 3.07. The Labute approximate surface area is 127 Å². The molecule has 0 saturated heterocycles. The van der Waals surface area contributed by atoms with Crippen LogP contribution in [0.1, 0.15) is 39.2 Å². The van der Waals surface area contributed by atoms with Crippen LogP contribution in [0.4, 0.5) is 8.78 Å². The van der Waals surface area contributed by atoms with Crippen molar-refractivity contribution in [1.29, 1.82) is 0 Å². The number of ether oxygens (including phenoxy) is 1. The third kappa shape index (κ3) is 4.47. The normalized spacial score (nSPS) is 16.0. The van der Waals surface area contributed by atoms with E-state index in [2.05, 4.69) is 5.32 Å². The molecule has 0 unspecified atom stereocenters. The van der Waals surface area contributed by atoms with Crippen LogP contribution in [0, 0.1) is 17.6 Å². The third-order valence-corrected chi connectivity index (χ3v) is 3.53. The fourth-order valence-electron chi connectivity index (χ4n) is 2.66. The zero-order valence-electron chi connectivity index (χ0n) is 13.5. The molecular formula is C15H23B2F2NO. The molecule has 0 amide bonds. The number of benzene rings is 1. The smallest absolute Gasteiger partial charge is 0.168 e. The van der Waals surface area contributed by atoms with Crippen LogP contribution in [-0.4, -0.2) is 27.8 Å². The standard InChI is InChI=1S/C15H23B2F2NO/c1-14(2,3)20-15(16,17)11-6-10(18)7-12(19)13(11)21-8-9-4-5-9/h6-7,9,20H,4-5,8,16-17H2,1-3H3. The second-order valence-corrected chi connectivity index (χ2v) is 7.52. The predicted molar refractivity (Wildman–Crippen MR) is 86.2 cm³/mol. The van der Waals surface area contributed by atoms with Crippen molar-refractivity contribution in [3.63, 3.8) is 0 Å². The molecule has 6 heteroatoms. The van der Waals surface area contributed by atoms with Crippen molar-refractivity contribution in [2.75, 3.05) is 6.61 Å². The molecule has 114 valence electrons. The summed E-state index contributed by atoms with van der Waals surface area (Å²) in [5.41, 5.74) is 0.343. The summed E-state index contributed by atoms with van der Waals surface area (Å²) in [6, 6.07) is 2.25. The summed E-state index contributed by atoms with van der Waals surface area (Å²) in [6.45, 7) is 6.57. The van der Waals surface area contributed by atoms with Crippen LogP contribution in [0.3, 0.4) is 0 Å². The minimum absolute atomic E-state index is 0.171. The van der Waals surface area contributed by atoms with Gasteiger partial charge in [-0.05, 0) is 50.9 Å². The topological polar surface area (TPSA) is 21.3 Å². The summed E-state index contributed by atoms with van der Waals surface area (Å²) < 4.78 is 33.5. The molecule has 1 saturated carbocycles. The molecule has 0 heterocycles. The summed E-state index contributed by atoms with van der Waals surface area (Å²) in [5, 5.41) is 2.80. The van der Waals surface area contributed by atoms with Crippen LogP contribution >= 0.6 is 0 Å². The second kappa shape index (κ2) is 5.64. The van der Waals surface area contributed by atoms with Crippen LogP contribution in [-0.2, 0) is 5.34 Å². The van der Waals surface area contributed by atoms with E-state index in [0.717, 1.165) is 18.9 Å². The van der Waals surface area contributed by atoms with Crippen molar-refractivity contribution in [2.24, 2.45) is 5.92 Å². The molecular weight excluding hydrogens is 270 g/mol. The Morgan fingerprint density at radius 2 is 1.86 bits per heavy atom. The number of nitrogens with one attached hydrogen (secondary N) is 1. The SMILES string of the molecule is BC(B)(NC(C)(C)C)c1cc(F)cc(F)c1OCC1CC1. The van der Waals surface area contributed by atoms with Crippen LogP contribution < -0.4 is 10.1 Å². The monoisotopic (exact) mass is 293 g/mol. The van der Waals surface area contributed by atoms with Crippen molar-refractivity contribution in [1.82, 2.24) is 5.32 Å². The van der Waals surface area contributed by atoms with Gasteiger partial charge in [0.15, 0.2) is 11.6 Å². The minimum atomic E-state index is -0.630. The predicted octanol–water partition coefficient (Wildman–Crippen LogP) is 1.52. The Balaban J connectivity index is 2.34. The van der Waals surface area contributed by atoms with E-state index < -0.39 is 17.0 Å². The fourth-order valence-corrected chi connectivity index (χ4v) is 2.66. The second-order valence-electron chi connectivity index (χ2n) is 7.52. The molecule has 21 heavy (non-hydrogen) atoms. The molecule has 0 spiro atoms. The maximum atomic E-state index is 14.2. The minimum Gasteiger partial charge on any atom is -0.490 e. The van der Waals surface area contributed by atoms with Gasteiger partial charge in [-0.1, -0.05) is 0 Å². The molecule has 0 aliphatic heterocycles. The molecule has 1 aromatic rings. The van der Waals surface area contributed by atoms with E-state index in [4.69, 9.17) is 4.74 Å². The Hall–Kier alpha value is -1.03. The lowest BCUT2D eigenvalue weighted by Gasteiger charge is -2.36. The Morgan fingerprint density at radius 3 is 2.38 bits per heavy atom. The maximum Gasteiger partial charge on any atom is 0.168 e. The molecule has 1 aliphatic carbocycles. The molecule has 1 aliphatic rings. The molecule has 0 bridgehead atoms. The van der Waals surface area contributed by atoms with E-state index in [0.29, 0.717) is 18.1 Å². The highest BCUT2D eigenvalue weighted by Crippen LogP contribution is 2.34. The van der Waals surface area contributed by atoms with Gasteiger partial charge in [-0.2, -0.15) is 0 Å². The van der Waals surface area contributed by atoms with Gasteiger partial charge in [0, 0.05) is 17.2 Å². The molecule has 2 rings (SSSR count). The maximum absolute atomic E-state index is 14.2. The van der Waals surface area contributed by atoms with E-state index in [1.165, 1.54) is 6.07 Å². The van der Waals surface area contributed by atoms with Gasteiger partial charge in [0.2, 0.25) is 0 Å². The lowest BCUT2D eigenvalue weighted by Crippen LogP contribution is -2.53. The fraction of sp³-hybridized carbons (Fsp3) is 0.600. The van der Waals surface area contributed by atoms with Crippen molar-refractivity contribution in [2.45, 2.75) is 44.5 Å². The van der Waals surface area contributed by atoms with Crippen LogP contribution in [0.15, 0.2) is 12.1 Å². The van der Waals surface area contributed by atoms with E-state index in [-0.39, 0.29) is 11.3 Å². The van der Waals surface area contributed by atoms with Gasteiger partial charge in [0.1, 0.15) is 21.5 Å². The van der Waals surface area contributed by atoms with Gasteiger partial charge in [-0.3, -0.25) is 0 Å². The quantitative estimate of drug-likeness (QED) is 0.831. The van der Waals surface area contributed by atoms with Crippen molar-refractivity contribution < 1.29 is 13.5 Å². The summed E-state index contributed by atoms with van der Waals surface area (Å²) >= 11 is 0. The summed E-state index contributed by atoms with van der Waals surface area (Å²) in [4.78, 5) is 0. The summed E-state index contributed by atoms with van der Waals surface area (Å²) in [7, 11) is 3.83. The molecule has 0 radical (unpaired) electrons. The Morgan fingerprint density at radius 1 is 1.24 bits per heavy atom. The number of rotatable bonds is 5. The first-order chi connectivity index (χ1) is 9.58. The van der Waals surface area contributed by atoms with Crippen molar-refractivity contribution in [3.8, 4) is 5.75 Å². The van der Waals surface area contributed by atoms with E-state index in [1.54, 1.807) is 0 Å². The highest BCUT2D eigenvalue weighted by atomic mass is 19.1.